The summed E-state index contributed by atoms with van der Waals surface area (Å²) >= 11 is 6.37. The molecule has 1 rings (SSSR count). The van der Waals surface area contributed by atoms with Crippen molar-refractivity contribution in [2.75, 3.05) is 13.7 Å². The SMILES string of the molecule is CCCCCC(NCCC)c1ccc(OC)cc1Cl. The van der Waals surface area contributed by atoms with E-state index in [1.807, 2.05) is 12.1 Å². The summed E-state index contributed by atoms with van der Waals surface area (Å²) in [6.07, 6.45) is 6.03. The lowest BCUT2D eigenvalue weighted by molar-refractivity contribution is 0.414. The number of ether oxygens (including phenoxy) is 1. The highest BCUT2D eigenvalue weighted by molar-refractivity contribution is 6.31. The molecule has 0 fully saturated rings. The molecule has 3 heteroatoms. The molecule has 0 saturated heterocycles. The summed E-state index contributed by atoms with van der Waals surface area (Å²) in [5.74, 6) is 0.816. The third kappa shape index (κ3) is 5.42. The summed E-state index contributed by atoms with van der Waals surface area (Å²) in [4.78, 5) is 0. The van der Waals surface area contributed by atoms with E-state index in [-0.39, 0.29) is 0 Å². The zero-order valence-electron chi connectivity index (χ0n) is 12.3. The number of methoxy groups -OCH3 is 1. The van der Waals surface area contributed by atoms with Crippen LogP contribution in [0.25, 0.3) is 0 Å². The van der Waals surface area contributed by atoms with E-state index in [9.17, 15) is 0 Å². The minimum atomic E-state index is 0.352. The van der Waals surface area contributed by atoms with E-state index in [2.05, 4.69) is 25.2 Å². The predicted molar refractivity (Wildman–Crippen MR) is 83.2 cm³/mol. The topological polar surface area (TPSA) is 21.3 Å². The molecule has 1 aromatic rings. The molecule has 0 amide bonds. The second-order valence-corrected chi connectivity index (χ2v) is 5.30. The van der Waals surface area contributed by atoms with E-state index < -0.39 is 0 Å². The number of benzene rings is 1. The predicted octanol–water partition coefficient (Wildman–Crippen LogP) is 4.97. The van der Waals surface area contributed by atoms with Gasteiger partial charge in [-0.15, -0.1) is 0 Å². The molecule has 108 valence electrons. The smallest absolute Gasteiger partial charge is 0.120 e. The van der Waals surface area contributed by atoms with E-state index in [0.717, 1.165) is 30.2 Å². The number of unbranched alkanes of at least 4 members (excludes halogenated alkanes) is 2. The molecule has 0 spiro atoms. The number of hydrogen-bond acceptors (Lipinski definition) is 2. The van der Waals surface area contributed by atoms with Crippen molar-refractivity contribution < 1.29 is 4.74 Å². The van der Waals surface area contributed by atoms with Crippen LogP contribution < -0.4 is 10.1 Å². The van der Waals surface area contributed by atoms with Gasteiger partial charge >= 0.3 is 0 Å². The molecule has 1 atom stereocenters. The Hall–Kier alpha value is -0.730. The third-order valence-electron chi connectivity index (χ3n) is 3.32. The largest absolute Gasteiger partial charge is 0.497 e. The van der Waals surface area contributed by atoms with Crippen molar-refractivity contribution in [3.8, 4) is 5.75 Å². The Morgan fingerprint density at radius 3 is 2.58 bits per heavy atom. The van der Waals surface area contributed by atoms with E-state index >= 15 is 0 Å². The fourth-order valence-electron chi connectivity index (χ4n) is 2.20. The van der Waals surface area contributed by atoms with E-state index in [0.29, 0.717) is 6.04 Å². The zero-order valence-corrected chi connectivity index (χ0v) is 13.1. The van der Waals surface area contributed by atoms with Crippen molar-refractivity contribution >= 4 is 11.6 Å². The van der Waals surface area contributed by atoms with Crippen molar-refractivity contribution in [1.82, 2.24) is 5.32 Å². The van der Waals surface area contributed by atoms with Crippen LogP contribution in [0, 0.1) is 0 Å². The first kappa shape index (κ1) is 16.3. The normalized spacial score (nSPS) is 12.4. The second kappa shape index (κ2) is 9.22. The van der Waals surface area contributed by atoms with Gasteiger partial charge in [0.25, 0.3) is 0 Å². The Kier molecular flexibility index (Phi) is 7.92. The average molecular weight is 284 g/mol. The van der Waals surface area contributed by atoms with Gasteiger partial charge in [0.05, 0.1) is 7.11 Å². The minimum absolute atomic E-state index is 0.352. The highest BCUT2D eigenvalue weighted by atomic mass is 35.5. The molecule has 0 radical (unpaired) electrons. The van der Waals surface area contributed by atoms with Crippen molar-refractivity contribution in [1.29, 1.82) is 0 Å². The Bertz CT molecular complexity index is 368. The molecule has 0 aliphatic heterocycles. The van der Waals surface area contributed by atoms with Crippen LogP contribution in [-0.2, 0) is 0 Å². The maximum atomic E-state index is 6.37. The van der Waals surface area contributed by atoms with Gasteiger partial charge in [0.1, 0.15) is 5.75 Å². The summed E-state index contributed by atoms with van der Waals surface area (Å²) in [7, 11) is 1.67. The van der Waals surface area contributed by atoms with Gasteiger partial charge in [-0.2, -0.15) is 0 Å². The van der Waals surface area contributed by atoms with Crippen molar-refractivity contribution in [3.63, 3.8) is 0 Å². The van der Waals surface area contributed by atoms with Crippen LogP contribution in [0.4, 0.5) is 0 Å². The lowest BCUT2D eigenvalue weighted by Gasteiger charge is -2.20. The molecule has 2 nitrogen and oxygen atoms in total. The Balaban J connectivity index is 2.77. The summed E-state index contributed by atoms with van der Waals surface area (Å²) < 4.78 is 5.20. The highest BCUT2D eigenvalue weighted by Crippen LogP contribution is 2.30. The Morgan fingerprint density at radius 2 is 2.00 bits per heavy atom. The van der Waals surface area contributed by atoms with Crippen LogP contribution in [0.3, 0.4) is 0 Å². The molecular weight excluding hydrogens is 258 g/mol. The summed E-state index contributed by atoms with van der Waals surface area (Å²) in [5.41, 5.74) is 1.19. The highest BCUT2D eigenvalue weighted by Gasteiger charge is 2.14. The van der Waals surface area contributed by atoms with Crippen molar-refractivity contribution in [3.05, 3.63) is 28.8 Å². The zero-order chi connectivity index (χ0) is 14.1. The average Bonchev–Trinajstić information content (AvgIpc) is 2.43. The fraction of sp³-hybridized carbons (Fsp3) is 0.625. The molecule has 19 heavy (non-hydrogen) atoms. The van der Waals surface area contributed by atoms with Crippen molar-refractivity contribution in [2.45, 2.75) is 52.0 Å². The molecule has 1 aromatic carbocycles. The number of hydrogen-bond donors (Lipinski definition) is 1. The first-order chi connectivity index (χ1) is 9.22. The standard InChI is InChI=1S/C16H26ClNO/c1-4-6-7-8-16(18-11-5-2)14-10-9-13(19-3)12-15(14)17/h9-10,12,16,18H,4-8,11H2,1-3H3. The van der Waals surface area contributed by atoms with Gasteiger partial charge in [-0.05, 0) is 37.1 Å². The Morgan fingerprint density at radius 1 is 1.21 bits per heavy atom. The molecule has 0 aliphatic rings. The monoisotopic (exact) mass is 283 g/mol. The molecule has 0 bridgehead atoms. The van der Waals surface area contributed by atoms with Gasteiger partial charge in [0, 0.05) is 11.1 Å². The van der Waals surface area contributed by atoms with Gasteiger partial charge in [-0.25, -0.2) is 0 Å². The van der Waals surface area contributed by atoms with Crippen molar-refractivity contribution in [2.24, 2.45) is 0 Å². The number of halogens is 1. The quantitative estimate of drug-likeness (QED) is 0.646. The maximum Gasteiger partial charge on any atom is 0.120 e. The van der Waals surface area contributed by atoms with Gasteiger partial charge in [0.15, 0.2) is 0 Å². The number of nitrogens with one attached hydrogen (secondary N) is 1. The first-order valence-electron chi connectivity index (χ1n) is 7.29. The molecular formula is C16H26ClNO. The fourth-order valence-corrected chi connectivity index (χ4v) is 2.50. The van der Waals surface area contributed by atoms with E-state index in [1.54, 1.807) is 7.11 Å². The van der Waals surface area contributed by atoms with Crippen LogP contribution in [-0.4, -0.2) is 13.7 Å². The summed E-state index contributed by atoms with van der Waals surface area (Å²) in [6.45, 7) is 5.44. The summed E-state index contributed by atoms with van der Waals surface area (Å²) in [5, 5.41) is 4.39. The van der Waals surface area contributed by atoms with E-state index in [1.165, 1.54) is 24.8 Å². The number of rotatable bonds is 9. The molecule has 0 saturated carbocycles. The lowest BCUT2D eigenvalue weighted by atomic mass is 10.00. The van der Waals surface area contributed by atoms with E-state index in [4.69, 9.17) is 16.3 Å². The van der Waals surface area contributed by atoms with Gasteiger partial charge in [-0.1, -0.05) is 50.8 Å². The van der Waals surface area contributed by atoms with Crippen LogP contribution in [0.1, 0.15) is 57.6 Å². The Labute approximate surface area is 122 Å². The second-order valence-electron chi connectivity index (χ2n) is 4.89. The minimum Gasteiger partial charge on any atom is -0.497 e. The van der Waals surface area contributed by atoms with Crippen LogP contribution in [0.15, 0.2) is 18.2 Å². The molecule has 0 aromatic heterocycles. The van der Waals surface area contributed by atoms with Gasteiger partial charge in [0.2, 0.25) is 0 Å². The molecule has 1 unspecified atom stereocenters. The van der Waals surface area contributed by atoms with Gasteiger partial charge < -0.3 is 10.1 Å². The van der Waals surface area contributed by atoms with Gasteiger partial charge in [-0.3, -0.25) is 0 Å². The third-order valence-corrected chi connectivity index (χ3v) is 3.65. The first-order valence-corrected chi connectivity index (χ1v) is 7.67. The molecule has 1 N–H and O–H groups in total. The lowest BCUT2D eigenvalue weighted by Crippen LogP contribution is -2.22. The molecule has 0 aliphatic carbocycles. The maximum absolute atomic E-state index is 6.37. The van der Waals surface area contributed by atoms with Crippen LogP contribution >= 0.6 is 11.6 Å². The van der Waals surface area contributed by atoms with Crippen LogP contribution in [0.2, 0.25) is 5.02 Å². The molecule has 0 heterocycles. The van der Waals surface area contributed by atoms with Crippen LogP contribution in [0.5, 0.6) is 5.75 Å². The summed E-state index contributed by atoms with van der Waals surface area (Å²) in [6, 6.07) is 6.32.